The van der Waals surface area contributed by atoms with Crippen LogP contribution in [-0.4, -0.2) is 27.3 Å². The number of aliphatic hydroxyl groups is 1. The molecule has 0 unspecified atom stereocenters. The number of hydrogen-bond acceptors (Lipinski definition) is 3. The first-order chi connectivity index (χ1) is 10.6. The maximum atomic E-state index is 11.8. The molecule has 1 aromatic carbocycles. The quantitative estimate of drug-likeness (QED) is 0.813. The number of aliphatic hydroxyl groups excluding tert-OH is 1. The minimum atomic E-state index is -0.934. The van der Waals surface area contributed by atoms with Crippen molar-refractivity contribution in [2.45, 2.75) is 25.5 Å². The zero-order valence-corrected chi connectivity index (χ0v) is 13.4. The maximum Gasteiger partial charge on any atom is 0.220 e. The minimum Gasteiger partial charge on any atom is -0.386 e. The lowest BCUT2D eigenvalue weighted by Gasteiger charge is -2.15. The second kappa shape index (κ2) is 8.17. The third kappa shape index (κ3) is 4.73. The van der Waals surface area contributed by atoms with Crippen molar-refractivity contribution < 1.29 is 9.90 Å². The second-order valence-electron chi connectivity index (χ2n) is 4.83. The number of carbonyl (C=O) groups is 1. The van der Waals surface area contributed by atoms with E-state index in [2.05, 4.69) is 10.4 Å². The van der Waals surface area contributed by atoms with Crippen LogP contribution in [0.25, 0.3) is 0 Å². The Morgan fingerprint density at radius 2 is 2.05 bits per heavy atom. The van der Waals surface area contributed by atoms with Gasteiger partial charge >= 0.3 is 0 Å². The molecule has 0 aliphatic heterocycles. The van der Waals surface area contributed by atoms with Gasteiger partial charge in [0.25, 0.3) is 0 Å². The molecule has 1 aromatic heterocycles. The number of aryl methyl sites for hydroxylation is 1. The first-order valence-corrected chi connectivity index (χ1v) is 7.69. The van der Waals surface area contributed by atoms with Gasteiger partial charge < -0.3 is 10.4 Å². The molecular weight excluding hydrogens is 325 g/mol. The molecule has 1 atom stereocenters. The molecule has 1 amide bonds. The van der Waals surface area contributed by atoms with Crippen LogP contribution in [0, 0.1) is 0 Å². The van der Waals surface area contributed by atoms with Crippen LogP contribution in [0.2, 0.25) is 10.0 Å². The van der Waals surface area contributed by atoms with Crippen molar-refractivity contribution in [3.63, 3.8) is 0 Å². The van der Waals surface area contributed by atoms with Gasteiger partial charge in [-0.2, -0.15) is 5.10 Å². The van der Waals surface area contributed by atoms with E-state index in [1.54, 1.807) is 29.1 Å². The van der Waals surface area contributed by atoms with Gasteiger partial charge in [0.2, 0.25) is 5.91 Å². The molecule has 0 spiro atoms. The van der Waals surface area contributed by atoms with Gasteiger partial charge in [0.1, 0.15) is 0 Å². The smallest absolute Gasteiger partial charge is 0.220 e. The normalized spacial score (nSPS) is 12.1. The molecule has 5 nitrogen and oxygen atoms in total. The number of amides is 1. The van der Waals surface area contributed by atoms with Gasteiger partial charge in [-0.3, -0.25) is 9.48 Å². The largest absolute Gasteiger partial charge is 0.386 e. The molecule has 2 rings (SSSR count). The second-order valence-corrected chi connectivity index (χ2v) is 5.64. The molecule has 7 heteroatoms. The summed E-state index contributed by atoms with van der Waals surface area (Å²) in [5.41, 5.74) is 0.433. The molecule has 0 bridgehead atoms. The van der Waals surface area contributed by atoms with E-state index in [1.807, 2.05) is 12.3 Å². The zero-order valence-electron chi connectivity index (χ0n) is 11.9. The number of aromatic nitrogens is 2. The van der Waals surface area contributed by atoms with Gasteiger partial charge in [0.05, 0.1) is 6.10 Å². The molecule has 0 radical (unpaired) electrons. The van der Waals surface area contributed by atoms with Crippen molar-refractivity contribution in [2.24, 2.45) is 0 Å². The highest BCUT2D eigenvalue weighted by Gasteiger charge is 2.16. The Labute approximate surface area is 138 Å². The standard InChI is InChI=1S/C15H17Cl2N3O2/c16-11-4-1-5-12(17)15(11)13(21)10-18-14(22)6-2-8-20-9-3-7-19-20/h1,3-5,7,9,13,21H,2,6,8,10H2,(H,18,22)/t13-/m1/s1. The SMILES string of the molecule is O=C(CCCn1cccn1)NC[C@@H](O)c1c(Cl)cccc1Cl. The third-order valence-corrected chi connectivity index (χ3v) is 3.83. The van der Waals surface area contributed by atoms with Gasteiger partial charge in [0, 0.05) is 47.5 Å². The van der Waals surface area contributed by atoms with Crippen molar-refractivity contribution in [1.29, 1.82) is 0 Å². The maximum absolute atomic E-state index is 11.8. The molecule has 22 heavy (non-hydrogen) atoms. The fourth-order valence-electron chi connectivity index (χ4n) is 2.06. The van der Waals surface area contributed by atoms with Crippen molar-refractivity contribution in [3.05, 3.63) is 52.3 Å². The fraction of sp³-hybridized carbons (Fsp3) is 0.333. The van der Waals surface area contributed by atoms with Gasteiger partial charge in [-0.15, -0.1) is 0 Å². The molecule has 0 saturated carbocycles. The number of nitrogens with one attached hydrogen (secondary N) is 1. The Kier molecular flexibility index (Phi) is 6.24. The molecule has 0 aliphatic carbocycles. The van der Waals surface area contributed by atoms with Crippen molar-refractivity contribution >= 4 is 29.1 Å². The summed E-state index contributed by atoms with van der Waals surface area (Å²) in [6, 6.07) is 6.84. The molecule has 2 aromatic rings. The Morgan fingerprint density at radius 3 is 2.68 bits per heavy atom. The van der Waals surface area contributed by atoms with Crippen LogP contribution in [0.15, 0.2) is 36.7 Å². The Hall–Kier alpha value is -1.56. The zero-order chi connectivity index (χ0) is 15.9. The van der Waals surface area contributed by atoms with E-state index in [1.165, 1.54) is 0 Å². The van der Waals surface area contributed by atoms with Crippen molar-refractivity contribution in [3.8, 4) is 0 Å². The van der Waals surface area contributed by atoms with Crippen LogP contribution in [0.4, 0.5) is 0 Å². The van der Waals surface area contributed by atoms with Crippen LogP contribution in [0.5, 0.6) is 0 Å². The molecule has 0 saturated heterocycles. The first-order valence-electron chi connectivity index (χ1n) is 6.94. The predicted octanol–water partition coefficient (Wildman–Crippen LogP) is 2.82. The number of carbonyl (C=O) groups excluding carboxylic acids is 1. The number of hydrogen-bond donors (Lipinski definition) is 2. The predicted molar refractivity (Wildman–Crippen MR) is 85.9 cm³/mol. The number of rotatable bonds is 7. The van der Waals surface area contributed by atoms with Crippen LogP contribution < -0.4 is 5.32 Å². The van der Waals surface area contributed by atoms with E-state index < -0.39 is 6.10 Å². The molecule has 0 fully saturated rings. The number of nitrogens with zero attached hydrogens (tertiary/aromatic N) is 2. The molecular formula is C15H17Cl2N3O2. The minimum absolute atomic E-state index is 0.0735. The van der Waals surface area contributed by atoms with Gasteiger partial charge in [-0.1, -0.05) is 29.3 Å². The van der Waals surface area contributed by atoms with E-state index in [4.69, 9.17) is 23.2 Å². The van der Waals surface area contributed by atoms with E-state index in [0.29, 0.717) is 35.0 Å². The van der Waals surface area contributed by atoms with E-state index >= 15 is 0 Å². The summed E-state index contributed by atoms with van der Waals surface area (Å²) >= 11 is 12.0. The van der Waals surface area contributed by atoms with Crippen molar-refractivity contribution in [2.75, 3.05) is 6.54 Å². The molecule has 0 aliphatic rings. The highest BCUT2D eigenvalue weighted by atomic mass is 35.5. The number of halogens is 2. The topological polar surface area (TPSA) is 67.2 Å². The highest BCUT2D eigenvalue weighted by Crippen LogP contribution is 2.29. The summed E-state index contributed by atoms with van der Waals surface area (Å²) in [5.74, 6) is -0.130. The lowest BCUT2D eigenvalue weighted by molar-refractivity contribution is -0.121. The fourth-order valence-corrected chi connectivity index (χ4v) is 2.71. The lowest BCUT2D eigenvalue weighted by atomic mass is 10.1. The summed E-state index contributed by atoms with van der Waals surface area (Å²) in [4.78, 5) is 11.8. The van der Waals surface area contributed by atoms with E-state index in [0.717, 1.165) is 0 Å². The molecule has 2 N–H and O–H groups in total. The number of benzene rings is 1. The van der Waals surface area contributed by atoms with Crippen LogP contribution in [0.1, 0.15) is 24.5 Å². The molecule has 1 heterocycles. The summed E-state index contributed by atoms with van der Waals surface area (Å²) in [7, 11) is 0. The van der Waals surface area contributed by atoms with Crippen LogP contribution in [0.3, 0.4) is 0 Å². The van der Waals surface area contributed by atoms with Gasteiger partial charge in [-0.25, -0.2) is 0 Å². The molecule has 118 valence electrons. The van der Waals surface area contributed by atoms with Crippen LogP contribution >= 0.6 is 23.2 Å². The monoisotopic (exact) mass is 341 g/mol. The average Bonchev–Trinajstić information content (AvgIpc) is 2.98. The van der Waals surface area contributed by atoms with Gasteiger partial charge in [-0.05, 0) is 24.6 Å². The Morgan fingerprint density at radius 1 is 1.32 bits per heavy atom. The Bertz CT molecular complexity index is 597. The first kappa shape index (κ1) is 16.8. The van der Waals surface area contributed by atoms with Gasteiger partial charge in [0.15, 0.2) is 0 Å². The van der Waals surface area contributed by atoms with Crippen molar-refractivity contribution in [1.82, 2.24) is 15.1 Å². The average molecular weight is 342 g/mol. The summed E-state index contributed by atoms with van der Waals surface area (Å²) in [6.07, 6.45) is 3.65. The summed E-state index contributed by atoms with van der Waals surface area (Å²) in [6.45, 7) is 0.753. The van der Waals surface area contributed by atoms with Crippen LogP contribution in [-0.2, 0) is 11.3 Å². The van der Waals surface area contributed by atoms with E-state index in [-0.39, 0.29) is 12.5 Å². The third-order valence-electron chi connectivity index (χ3n) is 3.18. The van der Waals surface area contributed by atoms with E-state index in [9.17, 15) is 9.90 Å². The summed E-state index contributed by atoms with van der Waals surface area (Å²) < 4.78 is 1.77. The lowest BCUT2D eigenvalue weighted by Crippen LogP contribution is -2.28. The Balaban J connectivity index is 1.76. The summed E-state index contributed by atoms with van der Waals surface area (Å²) in [5, 5.41) is 17.6. The highest BCUT2D eigenvalue weighted by molar-refractivity contribution is 6.36.